The molecule has 0 atom stereocenters. The Morgan fingerprint density at radius 3 is 2.44 bits per heavy atom. The van der Waals surface area contributed by atoms with E-state index >= 15 is 0 Å². The van der Waals surface area contributed by atoms with E-state index in [4.69, 9.17) is 15.7 Å². The van der Waals surface area contributed by atoms with Gasteiger partial charge in [0.25, 0.3) is 0 Å². The van der Waals surface area contributed by atoms with Gasteiger partial charge in [-0.2, -0.15) is 5.26 Å². The maximum absolute atomic E-state index is 13.3. The maximum atomic E-state index is 13.3. The molecule has 0 saturated heterocycles. The number of aryl methyl sites for hydroxylation is 1. The van der Waals surface area contributed by atoms with Crippen LogP contribution in [0, 0.1) is 24.1 Å². The Bertz CT molecular complexity index is 632. The summed E-state index contributed by atoms with van der Waals surface area (Å²) in [5.74, 6) is 0.533. The Kier molecular flexibility index (Phi) is 3.16. The summed E-state index contributed by atoms with van der Waals surface area (Å²) in [4.78, 5) is 0. The van der Waals surface area contributed by atoms with E-state index in [0.29, 0.717) is 28.3 Å². The lowest BCUT2D eigenvalue weighted by atomic mass is 10.2. The van der Waals surface area contributed by atoms with Crippen LogP contribution in [0.5, 0.6) is 11.5 Å². The molecule has 0 aliphatic heterocycles. The summed E-state index contributed by atoms with van der Waals surface area (Å²) in [6.45, 7) is 1.68. The molecule has 3 nitrogen and oxygen atoms in total. The Hall–Kier alpha value is -2.54. The third-order valence-corrected chi connectivity index (χ3v) is 2.52. The van der Waals surface area contributed by atoms with Gasteiger partial charge in [0.05, 0.1) is 11.3 Å². The first-order valence-corrected chi connectivity index (χ1v) is 5.34. The van der Waals surface area contributed by atoms with Crippen LogP contribution in [0.4, 0.5) is 10.1 Å². The summed E-state index contributed by atoms with van der Waals surface area (Å²) in [6, 6.07) is 11.3. The van der Waals surface area contributed by atoms with Crippen molar-refractivity contribution in [2.75, 3.05) is 5.73 Å². The van der Waals surface area contributed by atoms with Crippen molar-refractivity contribution >= 4 is 5.69 Å². The van der Waals surface area contributed by atoms with Gasteiger partial charge in [-0.05, 0) is 30.7 Å². The minimum absolute atomic E-state index is 0.325. The molecule has 0 aromatic heterocycles. The highest BCUT2D eigenvalue weighted by molar-refractivity contribution is 5.57. The number of hydrogen-bond donors (Lipinski definition) is 1. The van der Waals surface area contributed by atoms with Crippen LogP contribution in [0.25, 0.3) is 0 Å². The highest BCUT2D eigenvalue weighted by Crippen LogP contribution is 2.26. The molecule has 0 heterocycles. The van der Waals surface area contributed by atoms with Crippen molar-refractivity contribution in [1.29, 1.82) is 5.26 Å². The minimum Gasteiger partial charge on any atom is -0.457 e. The predicted molar refractivity (Wildman–Crippen MR) is 66.8 cm³/mol. The van der Waals surface area contributed by atoms with Crippen LogP contribution in [0.3, 0.4) is 0 Å². The van der Waals surface area contributed by atoms with Gasteiger partial charge in [0, 0.05) is 12.1 Å². The third-order valence-electron chi connectivity index (χ3n) is 2.52. The molecule has 0 aliphatic rings. The van der Waals surface area contributed by atoms with Gasteiger partial charge in [0.2, 0.25) is 0 Å². The highest BCUT2D eigenvalue weighted by Gasteiger charge is 2.04. The lowest BCUT2D eigenvalue weighted by Gasteiger charge is -2.07. The van der Waals surface area contributed by atoms with E-state index in [1.54, 1.807) is 31.2 Å². The van der Waals surface area contributed by atoms with Crippen molar-refractivity contribution in [3.63, 3.8) is 0 Å². The number of nitrogen functional groups attached to an aromatic ring is 1. The fourth-order valence-electron chi connectivity index (χ4n) is 1.48. The first-order chi connectivity index (χ1) is 8.60. The van der Waals surface area contributed by atoms with Gasteiger partial charge in [-0.3, -0.25) is 0 Å². The molecule has 4 heteroatoms. The van der Waals surface area contributed by atoms with Gasteiger partial charge in [0.15, 0.2) is 0 Å². The topological polar surface area (TPSA) is 59.0 Å². The summed E-state index contributed by atoms with van der Waals surface area (Å²) < 4.78 is 18.8. The standard InChI is InChI=1S/C14H11FN2O/c1-9-2-4-11(6-13(9)15)18-12-5-3-10(8-16)14(17)7-12/h2-7H,17H2,1H3. The number of nitrogens with two attached hydrogens (primary N) is 1. The fraction of sp³-hybridized carbons (Fsp3) is 0.0714. The van der Waals surface area contributed by atoms with Crippen LogP contribution in [0.2, 0.25) is 0 Å². The summed E-state index contributed by atoms with van der Waals surface area (Å²) in [5, 5.41) is 8.75. The largest absolute Gasteiger partial charge is 0.457 e. The number of ether oxygens (including phenoxy) is 1. The SMILES string of the molecule is Cc1ccc(Oc2ccc(C#N)c(N)c2)cc1F. The predicted octanol–water partition coefficient (Wildman–Crippen LogP) is 3.38. The third kappa shape index (κ3) is 2.41. The van der Waals surface area contributed by atoms with E-state index < -0.39 is 0 Å². The smallest absolute Gasteiger partial charge is 0.130 e. The van der Waals surface area contributed by atoms with E-state index in [1.807, 2.05) is 6.07 Å². The second-order valence-corrected chi connectivity index (χ2v) is 3.87. The number of halogens is 1. The summed E-state index contributed by atoms with van der Waals surface area (Å²) in [7, 11) is 0. The number of nitriles is 1. The molecular weight excluding hydrogens is 231 g/mol. The van der Waals surface area contributed by atoms with E-state index in [2.05, 4.69) is 0 Å². The Morgan fingerprint density at radius 1 is 1.17 bits per heavy atom. The Balaban J connectivity index is 2.26. The second-order valence-electron chi connectivity index (χ2n) is 3.87. The van der Waals surface area contributed by atoms with Gasteiger partial charge >= 0.3 is 0 Å². The van der Waals surface area contributed by atoms with Crippen molar-refractivity contribution in [3.05, 3.63) is 53.3 Å². The van der Waals surface area contributed by atoms with Crippen LogP contribution in [-0.4, -0.2) is 0 Å². The zero-order valence-corrected chi connectivity index (χ0v) is 9.77. The van der Waals surface area contributed by atoms with Crippen LogP contribution >= 0.6 is 0 Å². The molecule has 90 valence electrons. The van der Waals surface area contributed by atoms with Crippen LogP contribution in [0.15, 0.2) is 36.4 Å². The number of nitrogens with zero attached hydrogens (tertiary/aromatic N) is 1. The molecule has 0 unspecified atom stereocenters. The van der Waals surface area contributed by atoms with Crippen LogP contribution in [-0.2, 0) is 0 Å². The summed E-state index contributed by atoms with van der Waals surface area (Å²) in [6.07, 6.45) is 0. The molecule has 0 saturated carbocycles. The van der Waals surface area contributed by atoms with Crippen molar-refractivity contribution < 1.29 is 9.13 Å². The molecule has 0 amide bonds. The Labute approximate surface area is 104 Å². The molecule has 18 heavy (non-hydrogen) atoms. The average molecular weight is 242 g/mol. The molecular formula is C14H11FN2O. The van der Waals surface area contributed by atoms with Gasteiger partial charge in [0.1, 0.15) is 23.4 Å². The lowest BCUT2D eigenvalue weighted by Crippen LogP contribution is -1.92. The van der Waals surface area contributed by atoms with Crippen molar-refractivity contribution in [2.24, 2.45) is 0 Å². The molecule has 2 aromatic rings. The number of rotatable bonds is 2. The first-order valence-electron chi connectivity index (χ1n) is 5.34. The van der Waals surface area contributed by atoms with Gasteiger partial charge in [-0.1, -0.05) is 6.07 Å². The van der Waals surface area contributed by atoms with Gasteiger partial charge < -0.3 is 10.5 Å². The van der Waals surface area contributed by atoms with Crippen molar-refractivity contribution in [1.82, 2.24) is 0 Å². The summed E-state index contributed by atoms with van der Waals surface area (Å²) in [5.41, 5.74) is 6.94. The second kappa shape index (κ2) is 4.76. The molecule has 2 N–H and O–H groups in total. The maximum Gasteiger partial charge on any atom is 0.130 e. The van der Waals surface area contributed by atoms with Crippen LogP contribution < -0.4 is 10.5 Å². The van der Waals surface area contributed by atoms with Crippen molar-refractivity contribution in [2.45, 2.75) is 6.92 Å². The average Bonchev–Trinajstić information content (AvgIpc) is 2.34. The van der Waals surface area contributed by atoms with E-state index in [-0.39, 0.29) is 5.82 Å². The van der Waals surface area contributed by atoms with E-state index in [0.717, 1.165) is 0 Å². The van der Waals surface area contributed by atoms with Gasteiger partial charge in [-0.25, -0.2) is 4.39 Å². The molecule has 0 fully saturated rings. The summed E-state index contributed by atoms with van der Waals surface area (Å²) >= 11 is 0. The normalized spacial score (nSPS) is 9.83. The number of benzene rings is 2. The quantitative estimate of drug-likeness (QED) is 0.821. The fourth-order valence-corrected chi connectivity index (χ4v) is 1.48. The zero-order chi connectivity index (χ0) is 13.1. The van der Waals surface area contributed by atoms with Crippen molar-refractivity contribution in [3.8, 4) is 17.6 Å². The molecule has 0 aliphatic carbocycles. The zero-order valence-electron chi connectivity index (χ0n) is 9.77. The first kappa shape index (κ1) is 11.9. The molecule has 0 radical (unpaired) electrons. The minimum atomic E-state index is -0.325. The molecule has 2 rings (SSSR count). The van der Waals surface area contributed by atoms with E-state index in [1.165, 1.54) is 12.1 Å². The number of hydrogen-bond acceptors (Lipinski definition) is 3. The molecule has 2 aromatic carbocycles. The van der Waals surface area contributed by atoms with Crippen LogP contribution in [0.1, 0.15) is 11.1 Å². The lowest BCUT2D eigenvalue weighted by molar-refractivity contribution is 0.476. The molecule has 0 spiro atoms. The Morgan fingerprint density at radius 2 is 1.83 bits per heavy atom. The molecule has 0 bridgehead atoms. The monoisotopic (exact) mass is 242 g/mol. The van der Waals surface area contributed by atoms with E-state index in [9.17, 15) is 4.39 Å². The number of anilines is 1. The van der Waals surface area contributed by atoms with Gasteiger partial charge in [-0.15, -0.1) is 0 Å². The highest BCUT2D eigenvalue weighted by atomic mass is 19.1.